The van der Waals surface area contributed by atoms with E-state index in [0.717, 1.165) is 11.3 Å². The molecule has 5 heteroatoms. The van der Waals surface area contributed by atoms with Gasteiger partial charge in [-0.05, 0) is 24.6 Å². The summed E-state index contributed by atoms with van der Waals surface area (Å²) in [6.45, 7) is 1.97. The molecule has 0 saturated heterocycles. The van der Waals surface area contributed by atoms with E-state index >= 15 is 0 Å². The smallest absolute Gasteiger partial charge is 0.158 e. The molecule has 1 heterocycles. The van der Waals surface area contributed by atoms with Gasteiger partial charge in [-0.1, -0.05) is 17.7 Å². The van der Waals surface area contributed by atoms with Crippen molar-refractivity contribution in [3.8, 4) is 6.07 Å². The van der Waals surface area contributed by atoms with Crippen molar-refractivity contribution in [2.24, 2.45) is 0 Å². The quantitative estimate of drug-likeness (QED) is 0.882. The van der Waals surface area contributed by atoms with Crippen molar-refractivity contribution >= 4 is 23.1 Å². The van der Waals surface area contributed by atoms with Crippen LogP contribution in [0.1, 0.15) is 11.3 Å². The zero-order valence-electron chi connectivity index (χ0n) is 9.11. The van der Waals surface area contributed by atoms with E-state index in [1.54, 1.807) is 0 Å². The molecule has 1 aromatic heterocycles. The molecule has 0 radical (unpaired) electrons. The summed E-state index contributed by atoms with van der Waals surface area (Å²) >= 11 is 5.91. The van der Waals surface area contributed by atoms with Gasteiger partial charge in [0.2, 0.25) is 0 Å². The minimum Gasteiger partial charge on any atom is -0.339 e. The Labute approximate surface area is 104 Å². The van der Waals surface area contributed by atoms with Gasteiger partial charge in [-0.15, -0.1) is 0 Å². The van der Waals surface area contributed by atoms with Crippen LogP contribution in [0.2, 0.25) is 5.02 Å². The molecule has 0 aliphatic rings. The summed E-state index contributed by atoms with van der Waals surface area (Å²) in [6, 6.07) is 7.48. The van der Waals surface area contributed by atoms with Gasteiger partial charge in [0.15, 0.2) is 5.69 Å². The van der Waals surface area contributed by atoms with Crippen molar-refractivity contribution in [2.45, 2.75) is 6.92 Å². The third kappa shape index (κ3) is 2.71. The highest BCUT2D eigenvalue weighted by Gasteiger charge is 2.01. The third-order valence-corrected chi connectivity index (χ3v) is 2.46. The Morgan fingerprint density at radius 1 is 1.29 bits per heavy atom. The predicted octanol–water partition coefficient (Wildman–Crippen LogP) is 3.05. The molecule has 1 N–H and O–H groups in total. The van der Waals surface area contributed by atoms with E-state index in [9.17, 15) is 0 Å². The first-order chi connectivity index (χ1) is 8.19. The molecular formula is C12H9ClN4. The zero-order valence-corrected chi connectivity index (χ0v) is 9.86. The third-order valence-electron chi connectivity index (χ3n) is 2.23. The normalized spacial score (nSPS) is 9.71. The van der Waals surface area contributed by atoms with E-state index in [2.05, 4.69) is 15.3 Å². The van der Waals surface area contributed by atoms with E-state index in [1.165, 1.54) is 12.4 Å². The summed E-state index contributed by atoms with van der Waals surface area (Å²) in [5, 5.41) is 12.4. The summed E-state index contributed by atoms with van der Waals surface area (Å²) in [7, 11) is 0. The molecule has 0 spiro atoms. The standard InChI is InChI=1S/C12H9ClN4/c1-8-2-3-9(13)4-11(8)17-12-7-15-10(5-14)6-16-12/h2-4,6-7H,1H3,(H,16,17). The molecule has 84 valence electrons. The average molecular weight is 245 g/mol. The highest BCUT2D eigenvalue weighted by molar-refractivity contribution is 6.30. The SMILES string of the molecule is Cc1ccc(Cl)cc1Nc1cnc(C#N)cn1. The Morgan fingerprint density at radius 2 is 2.12 bits per heavy atom. The summed E-state index contributed by atoms with van der Waals surface area (Å²) < 4.78 is 0. The second-order valence-electron chi connectivity index (χ2n) is 3.48. The summed E-state index contributed by atoms with van der Waals surface area (Å²) in [5.74, 6) is 0.578. The van der Waals surface area contributed by atoms with Crippen molar-refractivity contribution in [1.29, 1.82) is 5.26 Å². The van der Waals surface area contributed by atoms with E-state index in [4.69, 9.17) is 16.9 Å². The van der Waals surface area contributed by atoms with E-state index in [1.807, 2.05) is 31.2 Å². The van der Waals surface area contributed by atoms with Gasteiger partial charge in [0.05, 0.1) is 12.4 Å². The number of hydrogen-bond acceptors (Lipinski definition) is 4. The highest BCUT2D eigenvalue weighted by Crippen LogP contribution is 2.22. The Bertz CT molecular complexity index is 572. The Morgan fingerprint density at radius 3 is 2.76 bits per heavy atom. The van der Waals surface area contributed by atoms with Gasteiger partial charge in [0.25, 0.3) is 0 Å². The molecule has 4 nitrogen and oxygen atoms in total. The summed E-state index contributed by atoms with van der Waals surface area (Å²) in [6.07, 6.45) is 2.93. The van der Waals surface area contributed by atoms with Gasteiger partial charge in [-0.3, -0.25) is 0 Å². The van der Waals surface area contributed by atoms with Crippen LogP contribution < -0.4 is 5.32 Å². The van der Waals surface area contributed by atoms with Gasteiger partial charge in [-0.25, -0.2) is 9.97 Å². The lowest BCUT2D eigenvalue weighted by atomic mass is 10.2. The zero-order chi connectivity index (χ0) is 12.3. The molecule has 1 aromatic carbocycles. The molecule has 0 unspecified atom stereocenters. The number of aryl methyl sites for hydroxylation is 1. The molecule has 0 fully saturated rings. The number of nitrogens with one attached hydrogen (secondary N) is 1. The summed E-state index contributed by atoms with van der Waals surface area (Å²) in [4.78, 5) is 8.00. The number of nitrogens with zero attached hydrogens (tertiary/aromatic N) is 3. The van der Waals surface area contributed by atoms with Crippen LogP contribution in [0, 0.1) is 18.3 Å². The maximum absolute atomic E-state index is 8.61. The number of nitriles is 1. The van der Waals surface area contributed by atoms with Crippen LogP contribution in [0.3, 0.4) is 0 Å². The fraction of sp³-hybridized carbons (Fsp3) is 0.0833. The van der Waals surface area contributed by atoms with E-state index in [-0.39, 0.29) is 0 Å². The molecule has 0 saturated carbocycles. The van der Waals surface area contributed by atoms with Crippen LogP contribution in [-0.4, -0.2) is 9.97 Å². The van der Waals surface area contributed by atoms with Gasteiger partial charge in [0.1, 0.15) is 11.9 Å². The van der Waals surface area contributed by atoms with Crippen molar-refractivity contribution in [2.75, 3.05) is 5.32 Å². The summed E-state index contributed by atoms with van der Waals surface area (Å²) in [5.41, 5.74) is 2.22. The highest BCUT2D eigenvalue weighted by atomic mass is 35.5. The van der Waals surface area contributed by atoms with Gasteiger partial charge >= 0.3 is 0 Å². The van der Waals surface area contributed by atoms with Crippen molar-refractivity contribution in [1.82, 2.24) is 9.97 Å². The lowest BCUT2D eigenvalue weighted by Crippen LogP contribution is -1.97. The first-order valence-electron chi connectivity index (χ1n) is 4.94. The maximum Gasteiger partial charge on any atom is 0.158 e. The molecule has 0 atom stereocenters. The molecule has 17 heavy (non-hydrogen) atoms. The van der Waals surface area contributed by atoms with Crippen molar-refractivity contribution < 1.29 is 0 Å². The molecule has 2 aromatic rings. The lowest BCUT2D eigenvalue weighted by molar-refractivity contribution is 1.16. The fourth-order valence-electron chi connectivity index (χ4n) is 1.32. The van der Waals surface area contributed by atoms with Crippen LogP contribution in [0.15, 0.2) is 30.6 Å². The lowest BCUT2D eigenvalue weighted by Gasteiger charge is -2.08. The minimum absolute atomic E-state index is 0.290. The Kier molecular flexibility index (Phi) is 3.22. The Hall–Kier alpha value is -2.12. The first-order valence-corrected chi connectivity index (χ1v) is 5.32. The fourth-order valence-corrected chi connectivity index (χ4v) is 1.49. The molecule has 0 bridgehead atoms. The largest absolute Gasteiger partial charge is 0.339 e. The first kappa shape index (κ1) is 11.4. The molecule has 0 aliphatic heterocycles. The minimum atomic E-state index is 0.290. The number of anilines is 2. The van der Waals surface area contributed by atoms with Gasteiger partial charge < -0.3 is 5.32 Å². The number of hydrogen-bond donors (Lipinski definition) is 1. The monoisotopic (exact) mass is 244 g/mol. The van der Waals surface area contributed by atoms with Crippen molar-refractivity contribution in [3.63, 3.8) is 0 Å². The molecule has 0 aliphatic carbocycles. The van der Waals surface area contributed by atoms with Crippen molar-refractivity contribution in [3.05, 3.63) is 46.9 Å². The van der Waals surface area contributed by atoms with E-state index in [0.29, 0.717) is 16.5 Å². The number of aromatic nitrogens is 2. The molecular weight excluding hydrogens is 236 g/mol. The number of halogens is 1. The van der Waals surface area contributed by atoms with Crippen LogP contribution in [0.5, 0.6) is 0 Å². The molecule has 2 rings (SSSR count). The predicted molar refractivity (Wildman–Crippen MR) is 66.2 cm³/mol. The van der Waals surface area contributed by atoms with Gasteiger partial charge in [-0.2, -0.15) is 5.26 Å². The molecule has 0 amide bonds. The Balaban J connectivity index is 2.25. The number of rotatable bonds is 2. The van der Waals surface area contributed by atoms with E-state index < -0.39 is 0 Å². The topological polar surface area (TPSA) is 61.6 Å². The second-order valence-corrected chi connectivity index (χ2v) is 3.92. The average Bonchev–Trinajstić information content (AvgIpc) is 2.35. The number of benzene rings is 1. The second kappa shape index (κ2) is 4.81. The van der Waals surface area contributed by atoms with Crippen LogP contribution >= 0.6 is 11.6 Å². The van der Waals surface area contributed by atoms with Crippen LogP contribution in [0.4, 0.5) is 11.5 Å². The maximum atomic E-state index is 8.61. The van der Waals surface area contributed by atoms with Gasteiger partial charge in [0, 0.05) is 10.7 Å². The van der Waals surface area contributed by atoms with Crippen LogP contribution in [-0.2, 0) is 0 Å². The van der Waals surface area contributed by atoms with Crippen LogP contribution in [0.25, 0.3) is 0 Å².